The van der Waals surface area contributed by atoms with Crippen LogP contribution in [0, 0.1) is 0 Å². The Balaban J connectivity index is 3.41. The molecule has 0 saturated heterocycles. The van der Waals surface area contributed by atoms with Crippen LogP contribution in [0.2, 0.25) is 0 Å². The van der Waals surface area contributed by atoms with Gasteiger partial charge in [0.05, 0.1) is 6.42 Å². The van der Waals surface area contributed by atoms with Gasteiger partial charge in [0.2, 0.25) is 0 Å². The first kappa shape index (κ1) is 12.2. The average molecular weight is 200 g/mol. The number of aliphatic carboxylic acids is 1. The van der Waals surface area contributed by atoms with E-state index >= 15 is 0 Å². The highest BCUT2D eigenvalue weighted by Gasteiger charge is 2.26. The Hall–Kier alpha value is -0.820. The molecule has 0 aromatic carbocycles. The van der Waals surface area contributed by atoms with Gasteiger partial charge >= 0.3 is 12.1 Å². The van der Waals surface area contributed by atoms with Crippen molar-refractivity contribution in [2.75, 3.05) is 13.1 Å². The molecule has 0 amide bonds. The Labute approximate surface area is 72.9 Å². The number of rotatable bonds is 5. The third-order valence-corrected chi connectivity index (χ3v) is 1.27. The minimum absolute atomic E-state index is 0.161. The van der Waals surface area contributed by atoms with Crippen molar-refractivity contribution in [1.82, 2.24) is 5.32 Å². The molecule has 0 bridgehead atoms. The molecule has 0 fully saturated rings. The van der Waals surface area contributed by atoms with E-state index in [1.54, 1.807) is 0 Å². The molecule has 0 heterocycles. The quantitative estimate of drug-likeness (QED) is 0.543. The van der Waals surface area contributed by atoms with Crippen LogP contribution < -0.4 is 11.1 Å². The highest BCUT2D eigenvalue weighted by molar-refractivity contribution is 5.73. The minimum Gasteiger partial charge on any atom is -0.480 e. The van der Waals surface area contributed by atoms with Crippen LogP contribution in [0.4, 0.5) is 13.2 Å². The largest absolute Gasteiger partial charge is 0.480 e. The molecule has 0 aromatic heterocycles. The Bertz CT molecular complexity index is 172. The number of carboxylic acids is 1. The van der Waals surface area contributed by atoms with Crippen molar-refractivity contribution < 1.29 is 23.1 Å². The second-order valence-electron chi connectivity index (χ2n) is 2.51. The van der Waals surface area contributed by atoms with Gasteiger partial charge in [-0.25, -0.2) is 0 Å². The fourth-order valence-corrected chi connectivity index (χ4v) is 0.575. The first-order chi connectivity index (χ1) is 5.83. The summed E-state index contributed by atoms with van der Waals surface area (Å²) in [6.07, 6.45) is -5.21. The zero-order valence-electron chi connectivity index (χ0n) is 6.77. The van der Waals surface area contributed by atoms with Crippen LogP contribution >= 0.6 is 0 Å². The van der Waals surface area contributed by atoms with E-state index < -0.39 is 24.6 Å². The topological polar surface area (TPSA) is 75.3 Å². The molecule has 7 heteroatoms. The number of alkyl halides is 3. The lowest BCUT2D eigenvalue weighted by atomic mass is 10.3. The Morgan fingerprint density at radius 2 is 2.08 bits per heavy atom. The number of hydrogen-bond acceptors (Lipinski definition) is 3. The number of carboxylic acid groups (broad SMARTS) is 1. The SMILES string of the molecule is N[C@@H](CNCCC(F)(F)F)C(=O)O. The Morgan fingerprint density at radius 1 is 1.54 bits per heavy atom. The van der Waals surface area contributed by atoms with Crippen molar-refractivity contribution >= 4 is 5.97 Å². The molecule has 78 valence electrons. The summed E-state index contributed by atoms with van der Waals surface area (Å²) in [5, 5.41) is 10.6. The first-order valence-corrected chi connectivity index (χ1v) is 3.59. The average Bonchev–Trinajstić information content (AvgIpc) is 1.95. The van der Waals surface area contributed by atoms with Crippen molar-refractivity contribution in [3.8, 4) is 0 Å². The van der Waals surface area contributed by atoms with Crippen LogP contribution in [0.15, 0.2) is 0 Å². The Morgan fingerprint density at radius 3 is 2.46 bits per heavy atom. The monoisotopic (exact) mass is 200 g/mol. The van der Waals surface area contributed by atoms with Crippen molar-refractivity contribution in [2.45, 2.75) is 18.6 Å². The maximum absolute atomic E-state index is 11.6. The van der Waals surface area contributed by atoms with Gasteiger partial charge in [-0.15, -0.1) is 0 Å². The second-order valence-corrected chi connectivity index (χ2v) is 2.51. The van der Waals surface area contributed by atoms with E-state index in [0.717, 1.165) is 0 Å². The standard InChI is InChI=1S/C6H11F3N2O2/c7-6(8,9)1-2-11-3-4(10)5(12)13/h4,11H,1-3,10H2,(H,12,13)/t4-/m0/s1. The number of halogens is 3. The Kier molecular flexibility index (Phi) is 4.71. The number of carbonyl (C=O) groups is 1. The van der Waals surface area contributed by atoms with E-state index in [1.165, 1.54) is 0 Å². The van der Waals surface area contributed by atoms with E-state index in [4.69, 9.17) is 10.8 Å². The zero-order valence-corrected chi connectivity index (χ0v) is 6.77. The highest BCUT2D eigenvalue weighted by Crippen LogP contribution is 2.17. The van der Waals surface area contributed by atoms with E-state index in [9.17, 15) is 18.0 Å². The number of hydrogen-bond donors (Lipinski definition) is 3. The molecule has 0 spiro atoms. The first-order valence-electron chi connectivity index (χ1n) is 3.59. The molecular formula is C6H11F3N2O2. The van der Waals surface area contributed by atoms with Crippen LogP contribution in [0.25, 0.3) is 0 Å². The van der Waals surface area contributed by atoms with Gasteiger partial charge in [-0.2, -0.15) is 13.2 Å². The summed E-state index contributed by atoms with van der Waals surface area (Å²) in [7, 11) is 0. The van der Waals surface area contributed by atoms with Gasteiger partial charge < -0.3 is 16.2 Å². The van der Waals surface area contributed by atoms with Crippen molar-refractivity contribution in [3.05, 3.63) is 0 Å². The van der Waals surface area contributed by atoms with Gasteiger partial charge in [0.25, 0.3) is 0 Å². The molecule has 0 aliphatic carbocycles. The summed E-state index contributed by atoms with van der Waals surface area (Å²) >= 11 is 0. The highest BCUT2D eigenvalue weighted by atomic mass is 19.4. The van der Waals surface area contributed by atoms with Gasteiger partial charge in [-0.1, -0.05) is 0 Å². The second kappa shape index (κ2) is 5.03. The van der Waals surface area contributed by atoms with Crippen molar-refractivity contribution in [2.24, 2.45) is 5.73 Å². The zero-order chi connectivity index (χ0) is 10.5. The smallest absolute Gasteiger partial charge is 0.390 e. The van der Waals surface area contributed by atoms with Crippen LogP contribution in [0.3, 0.4) is 0 Å². The molecule has 13 heavy (non-hydrogen) atoms. The molecule has 0 aliphatic rings. The van der Waals surface area contributed by atoms with Crippen LogP contribution in [-0.4, -0.2) is 36.4 Å². The lowest BCUT2D eigenvalue weighted by Gasteiger charge is -2.09. The molecule has 4 nitrogen and oxygen atoms in total. The van der Waals surface area contributed by atoms with Gasteiger partial charge in [-0.3, -0.25) is 4.79 Å². The predicted octanol–water partition coefficient (Wildman–Crippen LogP) is -0.0597. The van der Waals surface area contributed by atoms with E-state index in [-0.39, 0.29) is 13.1 Å². The predicted molar refractivity (Wildman–Crippen MR) is 39.2 cm³/mol. The van der Waals surface area contributed by atoms with Gasteiger partial charge in [0, 0.05) is 13.1 Å². The summed E-state index contributed by atoms with van der Waals surface area (Å²) in [5.41, 5.74) is 5.02. The molecule has 0 aliphatic heterocycles. The summed E-state index contributed by atoms with van der Waals surface area (Å²) in [6.45, 7) is -0.476. The summed E-state index contributed by atoms with van der Waals surface area (Å²) in [4.78, 5) is 10.1. The van der Waals surface area contributed by atoms with Crippen molar-refractivity contribution in [1.29, 1.82) is 0 Å². The van der Waals surface area contributed by atoms with E-state index in [1.807, 2.05) is 0 Å². The molecule has 4 N–H and O–H groups in total. The molecule has 1 atom stereocenters. The third-order valence-electron chi connectivity index (χ3n) is 1.27. The molecule has 0 aromatic rings. The molecule has 0 unspecified atom stereocenters. The summed E-state index contributed by atoms with van der Waals surface area (Å²) in [6, 6.07) is -1.16. The van der Waals surface area contributed by atoms with Gasteiger partial charge in [-0.05, 0) is 0 Å². The molecule has 0 rings (SSSR count). The third kappa shape index (κ3) is 7.54. The lowest BCUT2D eigenvalue weighted by Crippen LogP contribution is -2.41. The van der Waals surface area contributed by atoms with Crippen molar-refractivity contribution in [3.63, 3.8) is 0 Å². The van der Waals surface area contributed by atoms with Gasteiger partial charge in [0.1, 0.15) is 6.04 Å². The summed E-state index contributed by atoms with van der Waals surface area (Å²) < 4.78 is 34.7. The van der Waals surface area contributed by atoms with E-state index in [2.05, 4.69) is 5.32 Å². The normalized spacial score (nSPS) is 14.2. The maximum Gasteiger partial charge on any atom is 0.390 e. The molecule has 0 radical (unpaired) electrons. The number of nitrogens with two attached hydrogens (primary N) is 1. The molecule has 0 saturated carbocycles. The van der Waals surface area contributed by atoms with E-state index in [0.29, 0.717) is 0 Å². The molecular weight excluding hydrogens is 189 g/mol. The van der Waals surface area contributed by atoms with Gasteiger partial charge in [0.15, 0.2) is 0 Å². The summed E-state index contributed by atoms with van der Waals surface area (Å²) in [5.74, 6) is -1.24. The lowest BCUT2D eigenvalue weighted by molar-refractivity contribution is -0.138. The van der Waals surface area contributed by atoms with Crippen LogP contribution in [0.5, 0.6) is 0 Å². The fraction of sp³-hybridized carbons (Fsp3) is 0.833. The number of nitrogens with one attached hydrogen (secondary N) is 1. The fourth-order valence-electron chi connectivity index (χ4n) is 0.575. The van der Waals surface area contributed by atoms with Crippen LogP contribution in [0.1, 0.15) is 6.42 Å². The minimum atomic E-state index is -4.22. The van der Waals surface area contributed by atoms with Crippen LogP contribution in [-0.2, 0) is 4.79 Å². The maximum atomic E-state index is 11.6.